The lowest BCUT2D eigenvalue weighted by Crippen LogP contribution is -2.49. The Morgan fingerprint density at radius 1 is 1.05 bits per heavy atom. The maximum Gasteiger partial charge on any atom is 0.0412 e. The van der Waals surface area contributed by atoms with Crippen molar-refractivity contribution in [2.24, 2.45) is 0 Å². The Kier molecular flexibility index (Phi) is 5.34. The molecule has 122 valence electrons. The van der Waals surface area contributed by atoms with Gasteiger partial charge >= 0.3 is 0 Å². The van der Waals surface area contributed by atoms with Gasteiger partial charge in [0.2, 0.25) is 0 Å². The second-order valence-electron chi connectivity index (χ2n) is 6.64. The van der Waals surface area contributed by atoms with E-state index in [0.717, 1.165) is 39.3 Å². The maximum absolute atomic E-state index is 3.53. The van der Waals surface area contributed by atoms with Crippen molar-refractivity contribution >= 4 is 5.69 Å². The van der Waals surface area contributed by atoms with Gasteiger partial charge in [0.25, 0.3) is 0 Å². The van der Waals surface area contributed by atoms with Crippen LogP contribution >= 0.6 is 0 Å². The lowest BCUT2D eigenvalue weighted by Gasteiger charge is -2.37. The van der Waals surface area contributed by atoms with Gasteiger partial charge in [0.05, 0.1) is 0 Å². The van der Waals surface area contributed by atoms with E-state index in [0.29, 0.717) is 6.04 Å². The van der Waals surface area contributed by atoms with Crippen LogP contribution in [-0.4, -0.2) is 68.2 Å². The Hall–Kier alpha value is -1.10. The summed E-state index contributed by atoms with van der Waals surface area (Å²) in [5.41, 5.74) is 2.94. The Bertz CT molecular complexity index is 468. The molecule has 1 N–H and O–H groups in total. The molecule has 2 fully saturated rings. The van der Waals surface area contributed by atoms with Crippen LogP contribution in [-0.2, 0) is 6.54 Å². The lowest BCUT2D eigenvalue weighted by molar-refractivity contribution is 0.199. The number of rotatable bonds is 4. The Labute approximate surface area is 135 Å². The zero-order chi connectivity index (χ0) is 15.4. The number of nitrogens with zero attached hydrogens (tertiary/aromatic N) is 3. The van der Waals surface area contributed by atoms with Crippen LogP contribution in [0.3, 0.4) is 0 Å². The normalized spacial score (nSPS) is 24.6. The number of nitrogens with one attached hydrogen (secondary N) is 1. The molecule has 2 aliphatic heterocycles. The third-order valence-electron chi connectivity index (χ3n) is 5.00. The highest BCUT2D eigenvalue weighted by molar-refractivity contribution is 5.54. The topological polar surface area (TPSA) is 21.8 Å². The van der Waals surface area contributed by atoms with Crippen LogP contribution in [0.1, 0.15) is 19.4 Å². The molecule has 1 atom stereocenters. The van der Waals surface area contributed by atoms with Gasteiger partial charge < -0.3 is 15.1 Å². The van der Waals surface area contributed by atoms with Crippen molar-refractivity contribution in [2.45, 2.75) is 26.4 Å². The average Bonchev–Trinajstić information content (AvgIpc) is 2.56. The molecule has 2 aliphatic rings. The Balaban J connectivity index is 1.67. The smallest absolute Gasteiger partial charge is 0.0412 e. The van der Waals surface area contributed by atoms with Gasteiger partial charge in [-0.05, 0) is 25.1 Å². The van der Waals surface area contributed by atoms with Crippen LogP contribution in [0.25, 0.3) is 0 Å². The van der Waals surface area contributed by atoms with Gasteiger partial charge in [-0.25, -0.2) is 0 Å². The summed E-state index contributed by atoms with van der Waals surface area (Å²) in [6.07, 6.45) is 0. The third kappa shape index (κ3) is 3.80. The molecule has 0 bridgehead atoms. The van der Waals surface area contributed by atoms with Crippen molar-refractivity contribution in [3.05, 3.63) is 29.8 Å². The molecule has 1 aromatic rings. The second-order valence-corrected chi connectivity index (χ2v) is 6.64. The maximum atomic E-state index is 3.53. The molecule has 0 radical (unpaired) electrons. The van der Waals surface area contributed by atoms with Crippen LogP contribution < -0.4 is 10.2 Å². The first-order valence-electron chi connectivity index (χ1n) is 8.77. The van der Waals surface area contributed by atoms with Gasteiger partial charge in [0.15, 0.2) is 0 Å². The number of likely N-dealkylation sites (N-methyl/N-ethyl adjacent to an activating group) is 1. The van der Waals surface area contributed by atoms with E-state index < -0.39 is 0 Å². The number of benzene rings is 1. The second kappa shape index (κ2) is 7.44. The van der Waals surface area contributed by atoms with Gasteiger partial charge in [0, 0.05) is 64.1 Å². The highest BCUT2D eigenvalue weighted by Crippen LogP contribution is 2.23. The largest absolute Gasteiger partial charge is 0.369 e. The molecule has 2 saturated heterocycles. The first-order chi connectivity index (χ1) is 10.8. The van der Waals surface area contributed by atoms with Crippen molar-refractivity contribution in [1.29, 1.82) is 0 Å². The number of hydrogen-bond acceptors (Lipinski definition) is 4. The summed E-state index contributed by atoms with van der Waals surface area (Å²) >= 11 is 0. The predicted molar refractivity (Wildman–Crippen MR) is 93.5 cm³/mol. The molecule has 0 spiro atoms. The van der Waals surface area contributed by atoms with E-state index in [1.807, 2.05) is 0 Å². The van der Waals surface area contributed by atoms with Crippen LogP contribution in [0, 0.1) is 0 Å². The number of para-hydroxylation sites is 1. The Morgan fingerprint density at radius 3 is 2.55 bits per heavy atom. The van der Waals surface area contributed by atoms with Crippen molar-refractivity contribution in [1.82, 2.24) is 15.1 Å². The zero-order valence-corrected chi connectivity index (χ0v) is 14.1. The Morgan fingerprint density at radius 2 is 1.82 bits per heavy atom. The lowest BCUT2D eigenvalue weighted by atomic mass is 10.1. The summed E-state index contributed by atoms with van der Waals surface area (Å²) in [5, 5.41) is 3.53. The predicted octanol–water partition coefficient (Wildman–Crippen LogP) is 1.62. The SMILES string of the molecule is CCN1CCN(c2ccccc2CN2CCN[C@@H](C)C2)CC1. The van der Waals surface area contributed by atoms with Crippen molar-refractivity contribution in [3.8, 4) is 0 Å². The molecule has 22 heavy (non-hydrogen) atoms. The van der Waals surface area contributed by atoms with Crippen molar-refractivity contribution in [3.63, 3.8) is 0 Å². The van der Waals surface area contributed by atoms with E-state index in [2.05, 4.69) is 58.1 Å². The quantitative estimate of drug-likeness (QED) is 0.912. The van der Waals surface area contributed by atoms with Crippen LogP contribution in [0.15, 0.2) is 24.3 Å². The van der Waals surface area contributed by atoms with Crippen LogP contribution in [0.5, 0.6) is 0 Å². The van der Waals surface area contributed by atoms with E-state index in [1.165, 1.54) is 30.9 Å². The van der Waals surface area contributed by atoms with Gasteiger partial charge in [-0.3, -0.25) is 4.90 Å². The molecule has 0 aliphatic carbocycles. The van der Waals surface area contributed by atoms with Crippen LogP contribution in [0.4, 0.5) is 5.69 Å². The molecule has 3 rings (SSSR count). The fourth-order valence-corrected chi connectivity index (χ4v) is 3.65. The van der Waals surface area contributed by atoms with E-state index >= 15 is 0 Å². The van der Waals surface area contributed by atoms with Crippen molar-refractivity contribution < 1.29 is 0 Å². The standard InChI is InChI=1S/C18H30N4/c1-3-20-10-12-22(13-11-20)18-7-5-4-6-17(18)15-21-9-8-19-16(2)14-21/h4-7,16,19H,3,8-15H2,1-2H3/t16-/m0/s1. The van der Waals surface area contributed by atoms with E-state index in [9.17, 15) is 0 Å². The molecule has 0 unspecified atom stereocenters. The molecule has 4 nitrogen and oxygen atoms in total. The zero-order valence-electron chi connectivity index (χ0n) is 14.1. The van der Waals surface area contributed by atoms with E-state index in [4.69, 9.17) is 0 Å². The number of piperazine rings is 2. The highest BCUT2D eigenvalue weighted by atomic mass is 15.3. The minimum atomic E-state index is 0.606. The number of anilines is 1. The van der Waals surface area contributed by atoms with Gasteiger partial charge in [-0.2, -0.15) is 0 Å². The molecule has 0 aromatic heterocycles. The third-order valence-corrected chi connectivity index (χ3v) is 5.00. The summed E-state index contributed by atoms with van der Waals surface area (Å²) < 4.78 is 0. The fraction of sp³-hybridized carbons (Fsp3) is 0.667. The van der Waals surface area contributed by atoms with E-state index in [-0.39, 0.29) is 0 Å². The number of hydrogen-bond donors (Lipinski definition) is 1. The average molecular weight is 302 g/mol. The van der Waals surface area contributed by atoms with Crippen LogP contribution in [0.2, 0.25) is 0 Å². The minimum absolute atomic E-state index is 0.606. The fourth-order valence-electron chi connectivity index (χ4n) is 3.65. The summed E-state index contributed by atoms with van der Waals surface area (Å²) in [4.78, 5) is 7.70. The van der Waals surface area contributed by atoms with E-state index in [1.54, 1.807) is 0 Å². The summed E-state index contributed by atoms with van der Waals surface area (Å²) in [6.45, 7) is 14.9. The molecule has 2 heterocycles. The molecule has 1 aromatic carbocycles. The molecule has 0 amide bonds. The minimum Gasteiger partial charge on any atom is -0.369 e. The van der Waals surface area contributed by atoms with Gasteiger partial charge in [-0.15, -0.1) is 0 Å². The summed E-state index contributed by atoms with van der Waals surface area (Å²) in [7, 11) is 0. The van der Waals surface area contributed by atoms with Crippen molar-refractivity contribution in [2.75, 3.05) is 57.3 Å². The summed E-state index contributed by atoms with van der Waals surface area (Å²) in [6, 6.07) is 9.60. The molecular weight excluding hydrogens is 272 g/mol. The first-order valence-corrected chi connectivity index (χ1v) is 8.77. The molecular formula is C18H30N4. The van der Waals surface area contributed by atoms with Gasteiger partial charge in [-0.1, -0.05) is 25.1 Å². The molecule has 0 saturated carbocycles. The molecule has 4 heteroatoms. The van der Waals surface area contributed by atoms with Gasteiger partial charge in [0.1, 0.15) is 0 Å². The highest BCUT2D eigenvalue weighted by Gasteiger charge is 2.20. The first kappa shape index (κ1) is 15.8. The summed E-state index contributed by atoms with van der Waals surface area (Å²) in [5.74, 6) is 0. The monoisotopic (exact) mass is 302 g/mol.